The van der Waals surface area contributed by atoms with E-state index in [-0.39, 0.29) is 29.2 Å². The van der Waals surface area contributed by atoms with E-state index in [1.807, 2.05) is 0 Å². The van der Waals surface area contributed by atoms with Crippen molar-refractivity contribution in [2.45, 2.75) is 36.6 Å². The summed E-state index contributed by atoms with van der Waals surface area (Å²) < 4.78 is 28.2. The SMILES string of the molecule is O=C1CCC(C(=O)N2CC(N(CCN3CCCC3)S(=O)(=O)c3ccccc3)C2)=NN1. The number of sulfonamides is 1. The van der Waals surface area contributed by atoms with E-state index in [1.165, 1.54) is 0 Å². The van der Waals surface area contributed by atoms with Crippen molar-refractivity contribution in [1.29, 1.82) is 0 Å². The Labute approximate surface area is 176 Å². The number of benzene rings is 1. The summed E-state index contributed by atoms with van der Waals surface area (Å²) in [7, 11) is -3.65. The van der Waals surface area contributed by atoms with Crippen LogP contribution in [-0.4, -0.2) is 85.4 Å². The minimum absolute atomic E-state index is 0.199. The van der Waals surface area contributed by atoms with Crippen molar-refractivity contribution in [2.24, 2.45) is 5.10 Å². The van der Waals surface area contributed by atoms with Crippen LogP contribution in [0, 0.1) is 0 Å². The summed E-state index contributed by atoms with van der Waals surface area (Å²) in [5.74, 6) is -0.432. The lowest BCUT2D eigenvalue weighted by molar-refractivity contribution is -0.130. The number of rotatable bonds is 7. The second-order valence-electron chi connectivity index (χ2n) is 7.93. The summed E-state index contributed by atoms with van der Waals surface area (Å²) in [6, 6.07) is 8.19. The highest BCUT2D eigenvalue weighted by Crippen LogP contribution is 2.24. The van der Waals surface area contributed by atoms with Crippen LogP contribution in [0.3, 0.4) is 0 Å². The van der Waals surface area contributed by atoms with E-state index in [0.29, 0.717) is 38.3 Å². The fraction of sp³-hybridized carbons (Fsp3) is 0.550. The maximum atomic E-state index is 13.3. The highest BCUT2D eigenvalue weighted by Gasteiger charge is 2.42. The first-order chi connectivity index (χ1) is 14.4. The standard InChI is InChI=1S/C20H27N5O4S/c26-19-9-8-18(21-22-19)20(27)24-14-16(15-24)25(13-12-23-10-4-5-11-23)30(28,29)17-6-2-1-3-7-17/h1-3,6-7,16H,4-5,8-15H2,(H,22,26). The number of nitrogens with zero attached hydrogens (tertiary/aromatic N) is 4. The van der Waals surface area contributed by atoms with E-state index in [0.717, 1.165) is 25.9 Å². The number of likely N-dealkylation sites (tertiary alicyclic amines) is 2. The topological polar surface area (TPSA) is 102 Å². The first kappa shape index (κ1) is 21.0. The van der Waals surface area contributed by atoms with Gasteiger partial charge in [-0.15, -0.1) is 0 Å². The molecule has 2 amide bonds. The molecular formula is C20H27N5O4S. The fourth-order valence-corrected chi connectivity index (χ4v) is 5.71. The first-order valence-electron chi connectivity index (χ1n) is 10.4. The second kappa shape index (κ2) is 8.83. The molecule has 2 fully saturated rings. The van der Waals surface area contributed by atoms with Crippen LogP contribution in [-0.2, 0) is 19.6 Å². The van der Waals surface area contributed by atoms with Crippen molar-refractivity contribution in [1.82, 2.24) is 19.5 Å². The largest absolute Gasteiger partial charge is 0.334 e. The molecule has 9 nitrogen and oxygen atoms in total. The molecule has 4 rings (SSSR count). The van der Waals surface area contributed by atoms with E-state index in [1.54, 1.807) is 39.5 Å². The molecule has 162 valence electrons. The second-order valence-corrected chi connectivity index (χ2v) is 9.83. The van der Waals surface area contributed by atoms with Gasteiger partial charge in [0, 0.05) is 39.0 Å². The molecule has 1 N–H and O–H groups in total. The molecule has 0 radical (unpaired) electrons. The number of nitrogens with one attached hydrogen (secondary N) is 1. The van der Waals surface area contributed by atoms with Gasteiger partial charge >= 0.3 is 0 Å². The van der Waals surface area contributed by atoms with Crippen LogP contribution in [0.2, 0.25) is 0 Å². The number of amides is 2. The third-order valence-electron chi connectivity index (χ3n) is 5.89. The predicted molar refractivity (Wildman–Crippen MR) is 111 cm³/mol. The number of hydrogen-bond donors (Lipinski definition) is 1. The molecule has 1 aromatic carbocycles. The first-order valence-corrected chi connectivity index (χ1v) is 11.8. The van der Waals surface area contributed by atoms with Gasteiger partial charge in [0.2, 0.25) is 15.9 Å². The summed E-state index contributed by atoms with van der Waals surface area (Å²) in [4.78, 5) is 28.0. The monoisotopic (exact) mass is 433 g/mol. The van der Waals surface area contributed by atoms with Crippen LogP contribution in [0.4, 0.5) is 0 Å². The Morgan fingerprint density at radius 2 is 1.83 bits per heavy atom. The molecule has 10 heteroatoms. The average molecular weight is 434 g/mol. The molecule has 1 aromatic rings. The van der Waals surface area contributed by atoms with Crippen LogP contribution in [0.5, 0.6) is 0 Å². The fourth-order valence-electron chi connectivity index (χ4n) is 4.09. The molecule has 3 heterocycles. The van der Waals surface area contributed by atoms with Crippen LogP contribution >= 0.6 is 0 Å². The Hall–Kier alpha value is -2.30. The predicted octanol–water partition coefficient (Wildman–Crippen LogP) is 0.250. The van der Waals surface area contributed by atoms with Crippen molar-refractivity contribution in [2.75, 3.05) is 39.3 Å². The third kappa shape index (κ3) is 4.40. The zero-order valence-electron chi connectivity index (χ0n) is 16.9. The number of hydrogen-bond acceptors (Lipinski definition) is 6. The maximum absolute atomic E-state index is 13.3. The molecule has 0 aromatic heterocycles. The lowest BCUT2D eigenvalue weighted by Gasteiger charge is -2.45. The summed E-state index contributed by atoms with van der Waals surface area (Å²) in [6.45, 7) is 3.76. The van der Waals surface area contributed by atoms with E-state index >= 15 is 0 Å². The number of carbonyl (C=O) groups is 2. The number of carbonyl (C=O) groups excluding carboxylic acids is 2. The zero-order chi connectivity index (χ0) is 21.1. The highest BCUT2D eigenvalue weighted by molar-refractivity contribution is 7.89. The van der Waals surface area contributed by atoms with Crippen molar-refractivity contribution >= 4 is 27.5 Å². The van der Waals surface area contributed by atoms with Gasteiger partial charge in [0.1, 0.15) is 5.71 Å². The summed E-state index contributed by atoms with van der Waals surface area (Å²) in [6.07, 6.45) is 2.85. The Kier molecular flexibility index (Phi) is 6.16. The van der Waals surface area contributed by atoms with E-state index < -0.39 is 10.0 Å². The van der Waals surface area contributed by atoms with Gasteiger partial charge in [0.25, 0.3) is 5.91 Å². The molecule has 0 bridgehead atoms. The molecule has 2 saturated heterocycles. The van der Waals surface area contributed by atoms with E-state index in [9.17, 15) is 18.0 Å². The smallest absolute Gasteiger partial charge is 0.270 e. The summed E-state index contributed by atoms with van der Waals surface area (Å²) in [5.41, 5.74) is 2.66. The lowest BCUT2D eigenvalue weighted by Crippen LogP contribution is -2.64. The van der Waals surface area contributed by atoms with Crippen molar-refractivity contribution < 1.29 is 18.0 Å². The Morgan fingerprint density at radius 1 is 1.13 bits per heavy atom. The van der Waals surface area contributed by atoms with Crippen LogP contribution in [0.25, 0.3) is 0 Å². The summed E-state index contributed by atoms with van der Waals surface area (Å²) in [5, 5.41) is 3.86. The normalized spacial score (nSPS) is 20.8. The van der Waals surface area contributed by atoms with Gasteiger partial charge in [-0.3, -0.25) is 9.59 Å². The quantitative estimate of drug-likeness (QED) is 0.664. The lowest BCUT2D eigenvalue weighted by atomic mass is 10.1. The molecule has 0 saturated carbocycles. The molecule has 3 aliphatic heterocycles. The van der Waals surface area contributed by atoms with E-state index in [2.05, 4.69) is 15.4 Å². The van der Waals surface area contributed by atoms with Crippen LogP contribution in [0.1, 0.15) is 25.7 Å². The Bertz CT molecular complexity index is 922. The minimum Gasteiger partial charge on any atom is -0.334 e. The Morgan fingerprint density at radius 3 is 2.47 bits per heavy atom. The van der Waals surface area contributed by atoms with E-state index in [4.69, 9.17) is 0 Å². The van der Waals surface area contributed by atoms with Crippen molar-refractivity contribution in [3.05, 3.63) is 30.3 Å². The molecule has 0 spiro atoms. The van der Waals surface area contributed by atoms with Crippen LogP contribution < -0.4 is 5.43 Å². The molecule has 30 heavy (non-hydrogen) atoms. The molecule has 0 aliphatic carbocycles. The van der Waals surface area contributed by atoms with Gasteiger partial charge in [-0.25, -0.2) is 13.8 Å². The molecular weight excluding hydrogens is 406 g/mol. The van der Waals surface area contributed by atoms with Gasteiger partial charge in [0.15, 0.2) is 0 Å². The summed E-state index contributed by atoms with van der Waals surface area (Å²) >= 11 is 0. The molecule has 0 atom stereocenters. The van der Waals surface area contributed by atoms with Crippen LogP contribution in [0.15, 0.2) is 40.3 Å². The zero-order valence-corrected chi connectivity index (χ0v) is 17.7. The van der Waals surface area contributed by atoms with Crippen molar-refractivity contribution in [3.63, 3.8) is 0 Å². The van der Waals surface area contributed by atoms with Gasteiger partial charge in [-0.05, 0) is 38.1 Å². The van der Waals surface area contributed by atoms with Gasteiger partial charge in [-0.1, -0.05) is 18.2 Å². The van der Waals surface area contributed by atoms with Gasteiger partial charge in [0.05, 0.1) is 10.9 Å². The minimum atomic E-state index is -3.65. The van der Waals surface area contributed by atoms with Gasteiger partial charge in [-0.2, -0.15) is 9.41 Å². The molecule has 0 unspecified atom stereocenters. The molecule has 3 aliphatic rings. The third-order valence-corrected chi connectivity index (χ3v) is 7.86. The van der Waals surface area contributed by atoms with Gasteiger partial charge < -0.3 is 9.80 Å². The highest BCUT2D eigenvalue weighted by atomic mass is 32.2. The number of hydrazone groups is 1. The average Bonchev–Trinajstić information content (AvgIpc) is 3.24. The maximum Gasteiger partial charge on any atom is 0.270 e. The van der Waals surface area contributed by atoms with Crippen molar-refractivity contribution in [3.8, 4) is 0 Å². The Balaban J connectivity index is 1.45.